The molecule has 0 heterocycles. The van der Waals surface area contributed by atoms with Crippen molar-refractivity contribution in [3.8, 4) is 11.1 Å². The van der Waals surface area contributed by atoms with Gasteiger partial charge in [-0.05, 0) is 67.5 Å². The van der Waals surface area contributed by atoms with E-state index in [1.54, 1.807) is 15.9 Å². The Morgan fingerprint density at radius 2 is 1.10 bits per heavy atom. The molecule has 206 valence electrons. The van der Waals surface area contributed by atoms with Crippen molar-refractivity contribution in [1.29, 1.82) is 0 Å². The van der Waals surface area contributed by atoms with E-state index in [0.29, 0.717) is 0 Å². The summed E-state index contributed by atoms with van der Waals surface area (Å²) >= 11 is 0. The van der Waals surface area contributed by atoms with Crippen molar-refractivity contribution in [3.63, 3.8) is 0 Å². The van der Waals surface area contributed by atoms with Crippen LogP contribution in [-0.2, 0) is 40.6 Å². The molecule has 0 saturated heterocycles. The molecule has 0 aromatic heterocycles. The van der Waals surface area contributed by atoms with Crippen LogP contribution in [0.3, 0.4) is 0 Å². The Hall–Kier alpha value is -2.06. The summed E-state index contributed by atoms with van der Waals surface area (Å²) in [6.07, 6.45) is 2.19. The first-order chi connectivity index (χ1) is 16.7. The molecule has 2 heteroatoms. The van der Waals surface area contributed by atoms with Crippen LogP contribution in [0.5, 0.6) is 0 Å². The van der Waals surface area contributed by atoms with E-state index in [2.05, 4.69) is 116 Å². The number of hydrogen-bond donors (Lipinski definition) is 0. The Kier molecular flexibility index (Phi) is 14.8. The van der Waals surface area contributed by atoms with Crippen LogP contribution < -0.4 is 10.4 Å². The fraction of sp³-hybridized carbons (Fsp3) is 0.297. The fourth-order valence-corrected chi connectivity index (χ4v) is 9.17. The summed E-state index contributed by atoms with van der Waals surface area (Å²) in [6.45, 7) is 18.4. The van der Waals surface area contributed by atoms with Crippen molar-refractivity contribution in [3.05, 3.63) is 133 Å². The topological polar surface area (TPSA) is 0 Å². The second kappa shape index (κ2) is 15.7. The van der Waals surface area contributed by atoms with Gasteiger partial charge in [-0.1, -0.05) is 99.1 Å². The molecule has 0 aliphatic carbocycles. The second-order valence-electron chi connectivity index (χ2n) is 10.4. The van der Waals surface area contributed by atoms with Crippen molar-refractivity contribution >= 4 is 19.2 Å². The Morgan fingerprint density at radius 3 is 1.59 bits per heavy atom. The smallest absolute Gasteiger partial charge is 0.358 e. The molecular weight excluding hydrogens is 520 g/mol. The molecule has 0 fully saturated rings. The van der Waals surface area contributed by atoms with E-state index < -0.39 is 8.80 Å². The predicted octanol–water partition coefficient (Wildman–Crippen LogP) is 8.52. The zero-order chi connectivity index (χ0) is 25.3. The monoisotopic (exact) mass is 570 g/mol. The maximum absolute atomic E-state index is 2.53. The summed E-state index contributed by atoms with van der Waals surface area (Å²) in [7, 11) is -1.52. The van der Waals surface area contributed by atoms with Crippen LogP contribution in [-0.4, -0.2) is 8.80 Å². The summed E-state index contributed by atoms with van der Waals surface area (Å²) in [4.78, 5) is 0. The molecule has 4 rings (SSSR count). The third kappa shape index (κ3) is 7.57. The molecule has 0 aliphatic rings. The molecule has 0 spiro atoms. The maximum atomic E-state index is 2.53. The van der Waals surface area contributed by atoms with Gasteiger partial charge in [-0.25, -0.2) is 0 Å². The SMILES string of the molecule is CCc1cc(CC)cc([SiH](Cc2c(C)c(C)c(C)[c-]2-c2ccccc2)c2cc(C)c(C)c(C)c2)c1.[CH3-].[CH3-].[CH3-].[Ti+4]. The van der Waals surface area contributed by atoms with Gasteiger partial charge in [0, 0.05) is 0 Å². The summed E-state index contributed by atoms with van der Waals surface area (Å²) in [5.74, 6) is 0. The Morgan fingerprint density at radius 1 is 0.615 bits per heavy atom. The molecule has 0 radical (unpaired) electrons. The molecule has 0 bridgehead atoms. The van der Waals surface area contributed by atoms with Crippen molar-refractivity contribution in [2.45, 2.75) is 74.3 Å². The van der Waals surface area contributed by atoms with E-state index in [1.165, 1.54) is 55.6 Å². The van der Waals surface area contributed by atoms with Crippen LogP contribution >= 0.6 is 0 Å². The van der Waals surface area contributed by atoms with Crippen LogP contribution in [0.2, 0.25) is 0 Å². The standard InChI is InChI=1S/C34H41Si.3CH3.Ti/c1-9-28-18-29(10-2)20-32(19-28)35(31-16-22(3)24(5)23(4)17-31)21-33-26(7)25(6)27(8)34(33)30-14-12-11-13-15-30;;;;/h11-20,35H,9-10,21H2,1-8H3;3*1H3;/q4*-1;+4. The van der Waals surface area contributed by atoms with Crippen molar-refractivity contribution in [2.24, 2.45) is 0 Å². The molecule has 0 N–H and O–H groups in total. The van der Waals surface area contributed by atoms with Gasteiger partial charge in [-0.15, -0.1) is 39.9 Å². The largest absolute Gasteiger partial charge is 4.00 e. The summed E-state index contributed by atoms with van der Waals surface area (Å²) in [6, 6.07) is 24.7. The number of hydrogen-bond acceptors (Lipinski definition) is 0. The van der Waals surface area contributed by atoms with Gasteiger partial charge >= 0.3 is 21.7 Å². The van der Waals surface area contributed by atoms with E-state index in [0.717, 1.165) is 18.9 Å². The first-order valence-corrected chi connectivity index (χ1v) is 15.2. The second-order valence-corrected chi connectivity index (χ2v) is 13.3. The van der Waals surface area contributed by atoms with Crippen LogP contribution in [0, 0.1) is 63.8 Å². The molecule has 0 saturated carbocycles. The quantitative estimate of drug-likeness (QED) is 0.154. The zero-order valence-electron chi connectivity index (χ0n) is 26.5. The van der Waals surface area contributed by atoms with Gasteiger partial charge in [0.25, 0.3) is 0 Å². The summed E-state index contributed by atoms with van der Waals surface area (Å²) in [5.41, 5.74) is 16.0. The molecule has 4 aromatic carbocycles. The van der Waals surface area contributed by atoms with Gasteiger partial charge in [0.15, 0.2) is 0 Å². The van der Waals surface area contributed by atoms with Gasteiger partial charge in [0.05, 0.1) is 0 Å². The Labute approximate surface area is 258 Å². The molecule has 4 aromatic rings. The average molecular weight is 571 g/mol. The molecule has 39 heavy (non-hydrogen) atoms. The van der Waals surface area contributed by atoms with E-state index in [-0.39, 0.29) is 44.0 Å². The van der Waals surface area contributed by atoms with Crippen LogP contribution in [0.4, 0.5) is 0 Å². The normalized spacial score (nSPS) is 11.0. The van der Waals surface area contributed by atoms with Gasteiger partial charge in [0.2, 0.25) is 0 Å². The van der Waals surface area contributed by atoms with Gasteiger partial charge in [0.1, 0.15) is 8.80 Å². The van der Waals surface area contributed by atoms with E-state index in [4.69, 9.17) is 0 Å². The molecular formula is C37H50SiTi. The van der Waals surface area contributed by atoms with Crippen molar-refractivity contribution < 1.29 is 21.7 Å². The molecule has 0 amide bonds. The van der Waals surface area contributed by atoms with Crippen molar-refractivity contribution in [1.82, 2.24) is 0 Å². The van der Waals surface area contributed by atoms with Gasteiger partial charge in [-0.3, -0.25) is 0 Å². The first kappa shape index (κ1) is 36.9. The first-order valence-electron chi connectivity index (χ1n) is 13.3. The zero-order valence-corrected chi connectivity index (χ0v) is 29.2. The Bertz CT molecular complexity index is 1300. The molecule has 1 unspecified atom stereocenters. The minimum atomic E-state index is -1.52. The number of benzene rings is 3. The van der Waals surface area contributed by atoms with Crippen LogP contribution in [0.1, 0.15) is 63.9 Å². The van der Waals surface area contributed by atoms with E-state index in [9.17, 15) is 0 Å². The summed E-state index contributed by atoms with van der Waals surface area (Å²) in [5, 5.41) is 3.18. The van der Waals surface area contributed by atoms with Gasteiger partial charge < -0.3 is 22.3 Å². The summed E-state index contributed by atoms with van der Waals surface area (Å²) < 4.78 is 0. The molecule has 0 aliphatic heterocycles. The third-order valence-corrected chi connectivity index (χ3v) is 11.5. The predicted molar refractivity (Wildman–Crippen MR) is 177 cm³/mol. The fourth-order valence-electron chi connectivity index (χ4n) is 5.66. The van der Waals surface area contributed by atoms with Gasteiger partial charge in [-0.2, -0.15) is 0 Å². The van der Waals surface area contributed by atoms with Crippen LogP contribution in [0.25, 0.3) is 11.1 Å². The molecule has 1 atom stereocenters. The third-order valence-electron chi connectivity index (χ3n) is 8.37. The maximum Gasteiger partial charge on any atom is 4.00 e. The number of aryl methyl sites for hydroxylation is 4. The minimum Gasteiger partial charge on any atom is -0.358 e. The number of rotatable bonds is 7. The molecule has 0 nitrogen and oxygen atoms in total. The van der Waals surface area contributed by atoms with Crippen molar-refractivity contribution in [2.75, 3.05) is 0 Å². The van der Waals surface area contributed by atoms with E-state index in [1.807, 2.05) is 0 Å². The average Bonchev–Trinajstić information content (AvgIpc) is 3.08. The Balaban J connectivity index is 0.00000361. The van der Waals surface area contributed by atoms with Crippen LogP contribution in [0.15, 0.2) is 60.7 Å². The minimum absolute atomic E-state index is 0. The van der Waals surface area contributed by atoms with E-state index >= 15 is 0 Å².